The van der Waals surface area contributed by atoms with Gasteiger partial charge in [0.15, 0.2) is 0 Å². The van der Waals surface area contributed by atoms with E-state index in [0.29, 0.717) is 30.1 Å². The van der Waals surface area contributed by atoms with Crippen molar-refractivity contribution in [1.29, 1.82) is 0 Å². The minimum atomic E-state index is -1.53. The average Bonchev–Trinajstić information content (AvgIpc) is 2.61. The lowest BCUT2D eigenvalue weighted by Crippen LogP contribution is -2.36. The monoisotopic (exact) mass is 388 g/mol. The standard InChI is InChI=1S/C18H25BN4O5/c1-18(2,3)28-17(24)23(4)10-9-21-15-11-20-12-16(22-15)27-14-7-5-13(6-8-14)19(25)26/h5-8,11-12,25-26H,9-10H2,1-4H3,(H,21,22). The van der Waals surface area contributed by atoms with Crippen molar-refractivity contribution < 1.29 is 24.3 Å². The van der Waals surface area contributed by atoms with Crippen LogP contribution in [-0.4, -0.2) is 63.9 Å². The summed E-state index contributed by atoms with van der Waals surface area (Å²) in [4.78, 5) is 21.8. The lowest BCUT2D eigenvalue weighted by molar-refractivity contribution is 0.0305. The topological polar surface area (TPSA) is 117 Å². The van der Waals surface area contributed by atoms with Crippen molar-refractivity contribution in [2.45, 2.75) is 26.4 Å². The van der Waals surface area contributed by atoms with Gasteiger partial charge in [0, 0.05) is 20.1 Å². The van der Waals surface area contributed by atoms with Gasteiger partial charge in [-0.05, 0) is 38.4 Å². The Bertz CT molecular complexity index is 780. The Morgan fingerprint density at radius 3 is 2.50 bits per heavy atom. The van der Waals surface area contributed by atoms with Crippen LogP contribution in [0.5, 0.6) is 11.6 Å². The van der Waals surface area contributed by atoms with Crippen LogP contribution in [-0.2, 0) is 4.74 Å². The first-order valence-corrected chi connectivity index (χ1v) is 8.78. The highest BCUT2D eigenvalue weighted by Crippen LogP contribution is 2.18. The third-order valence-electron chi connectivity index (χ3n) is 3.47. The van der Waals surface area contributed by atoms with Crippen LogP contribution < -0.4 is 15.5 Å². The predicted octanol–water partition coefficient (Wildman–Crippen LogP) is 1.23. The number of carbonyl (C=O) groups excluding carboxylic acids is 1. The molecule has 0 atom stereocenters. The minimum absolute atomic E-state index is 0.280. The summed E-state index contributed by atoms with van der Waals surface area (Å²) in [6.45, 7) is 6.33. The van der Waals surface area contributed by atoms with Crippen LogP contribution in [0.4, 0.5) is 10.6 Å². The van der Waals surface area contributed by atoms with E-state index in [2.05, 4.69) is 15.3 Å². The number of nitrogens with one attached hydrogen (secondary N) is 1. The first-order valence-electron chi connectivity index (χ1n) is 8.78. The second kappa shape index (κ2) is 9.38. The third kappa shape index (κ3) is 7.05. The number of likely N-dealkylation sites (N-methyl/N-ethyl adjacent to an activating group) is 1. The lowest BCUT2D eigenvalue weighted by atomic mass is 9.80. The van der Waals surface area contributed by atoms with Gasteiger partial charge in [-0.3, -0.25) is 4.98 Å². The molecule has 28 heavy (non-hydrogen) atoms. The highest BCUT2D eigenvalue weighted by molar-refractivity contribution is 6.58. The molecule has 0 radical (unpaired) electrons. The van der Waals surface area contributed by atoms with Crippen molar-refractivity contribution in [1.82, 2.24) is 14.9 Å². The molecule has 0 aliphatic carbocycles. The van der Waals surface area contributed by atoms with Gasteiger partial charge in [-0.1, -0.05) is 12.1 Å². The Balaban J connectivity index is 1.86. The van der Waals surface area contributed by atoms with Crippen LogP contribution in [0.1, 0.15) is 20.8 Å². The van der Waals surface area contributed by atoms with E-state index in [-0.39, 0.29) is 5.88 Å². The van der Waals surface area contributed by atoms with E-state index in [0.717, 1.165) is 0 Å². The Hall–Kier alpha value is -2.85. The van der Waals surface area contributed by atoms with Gasteiger partial charge < -0.3 is 29.7 Å². The van der Waals surface area contributed by atoms with E-state index in [1.54, 1.807) is 37.5 Å². The SMILES string of the molecule is CN(CCNc1cncc(Oc2ccc(B(O)O)cc2)n1)C(=O)OC(C)(C)C. The van der Waals surface area contributed by atoms with E-state index >= 15 is 0 Å². The van der Waals surface area contributed by atoms with Crippen LogP contribution in [0.15, 0.2) is 36.7 Å². The molecule has 0 saturated carbocycles. The molecule has 3 N–H and O–H groups in total. The summed E-state index contributed by atoms with van der Waals surface area (Å²) in [5.41, 5.74) is -0.174. The number of anilines is 1. The summed E-state index contributed by atoms with van der Waals surface area (Å²) >= 11 is 0. The highest BCUT2D eigenvalue weighted by Gasteiger charge is 2.19. The van der Waals surface area contributed by atoms with Crippen molar-refractivity contribution in [3.05, 3.63) is 36.7 Å². The molecule has 1 heterocycles. The third-order valence-corrected chi connectivity index (χ3v) is 3.47. The maximum Gasteiger partial charge on any atom is 0.488 e. The van der Waals surface area contributed by atoms with Crippen LogP contribution in [0, 0.1) is 0 Å². The number of benzene rings is 1. The van der Waals surface area contributed by atoms with Crippen molar-refractivity contribution in [2.75, 3.05) is 25.5 Å². The van der Waals surface area contributed by atoms with Gasteiger partial charge in [-0.15, -0.1) is 0 Å². The molecule has 150 valence electrons. The molecule has 0 bridgehead atoms. The number of hydrogen-bond acceptors (Lipinski definition) is 8. The Morgan fingerprint density at radius 1 is 1.21 bits per heavy atom. The van der Waals surface area contributed by atoms with Gasteiger partial charge >= 0.3 is 13.2 Å². The van der Waals surface area contributed by atoms with Gasteiger partial charge in [0.1, 0.15) is 17.2 Å². The zero-order chi connectivity index (χ0) is 20.7. The maximum atomic E-state index is 11.9. The maximum absolute atomic E-state index is 11.9. The van der Waals surface area contributed by atoms with Crippen molar-refractivity contribution in [2.24, 2.45) is 0 Å². The first-order chi connectivity index (χ1) is 13.1. The fraction of sp³-hybridized carbons (Fsp3) is 0.389. The second-order valence-corrected chi connectivity index (χ2v) is 7.12. The fourth-order valence-corrected chi connectivity index (χ4v) is 2.09. The second-order valence-electron chi connectivity index (χ2n) is 7.12. The zero-order valence-corrected chi connectivity index (χ0v) is 16.4. The fourth-order valence-electron chi connectivity index (χ4n) is 2.09. The molecule has 2 rings (SSSR count). The van der Waals surface area contributed by atoms with E-state index in [1.165, 1.54) is 11.1 Å². The molecular weight excluding hydrogens is 363 g/mol. The van der Waals surface area contributed by atoms with Crippen molar-refractivity contribution in [3.8, 4) is 11.6 Å². The number of amides is 1. The average molecular weight is 388 g/mol. The van der Waals surface area contributed by atoms with E-state index in [9.17, 15) is 4.79 Å². The van der Waals surface area contributed by atoms with Gasteiger partial charge in [0.25, 0.3) is 0 Å². The predicted molar refractivity (Wildman–Crippen MR) is 106 cm³/mol. The normalized spacial score (nSPS) is 10.9. The summed E-state index contributed by atoms with van der Waals surface area (Å²) in [6, 6.07) is 6.29. The number of rotatable bonds is 7. The molecule has 0 unspecified atom stereocenters. The molecule has 1 aromatic heterocycles. The van der Waals surface area contributed by atoms with Crippen LogP contribution >= 0.6 is 0 Å². The van der Waals surface area contributed by atoms with Crippen molar-refractivity contribution >= 4 is 24.5 Å². The quantitative estimate of drug-likeness (QED) is 0.607. The molecule has 2 aromatic rings. The molecule has 0 spiro atoms. The van der Waals surface area contributed by atoms with Crippen LogP contribution in [0.25, 0.3) is 0 Å². The molecule has 0 fully saturated rings. The van der Waals surface area contributed by atoms with Gasteiger partial charge in [-0.2, -0.15) is 4.98 Å². The number of carbonyl (C=O) groups is 1. The summed E-state index contributed by atoms with van der Waals surface area (Å²) < 4.78 is 10.9. The lowest BCUT2D eigenvalue weighted by Gasteiger charge is -2.24. The Kier molecular flexibility index (Phi) is 7.19. The summed E-state index contributed by atoms with van der Waals surface area (Å²) in [7, 11) is 0.133. The van der Waals surface area contributed by atoms with E-state index in [4.69, 9.17) is 19.5 Å². The Labute approximate surface area is 164 Å². The number of ether oxygens (including phenoxy) is 2. The Morgan fingerprint density at radius 2 is 1.89 bits per heavy atom. The minimum Gasteiger partial charge on any atom is -0.444 e. The zero-order valence-electron chi connectivity index (χ0n) is 16.4. The number of hydrogen-bond donors (Lipinski definition) is 3. The molecule has 0 saturated heterocycles. The highest BCUT2D eigenvalue weighted by atomic mass is 16.6. The van der Waals surface area contributed by atoms with Gasteiger partial charge in [0.05, 0.1) is 12.4 Å². The molecule has 1 aromatic carbocycles. The molecule has 1 amide bonds. The van der Waals surface area contributed by atoms with E-state index in [1.807, 2.05) is 20.8 Å². The van der Waals surface area contributed by atoms with Crippen LogP contribution in [0.2, 0.25) is 0 Å². The van der Waals surface area contributed by atoms with Crippen LogP contribution in [0.3, 0.4) is 0 Å². The summed E-state index contributed by atoms with van der Waals surface area (Å²) in [5, 5.41) is 21.3. The summed E-state index contributed by atoms with van der Waals surface area (Å²) in [6.07, 6.45) is 2.62. The van der Waals surface area contributed by atoms with E-state index < -0.39 is 18.8 Å². The summed E-state index contributed by atoms with van der Waals surface area (Å²) in [5.74, 6) is 1.26. The van der Waals surface area contributed by atoms with Gasteiger partial charge in [-0.25, -0.2) is 4.79 Å². The molecule has 0 aliphatic heterocycles. The van der Waals surface area contributed by atoms with Gasteiger partial charge in [0.2, 0.25) is 5.88 Å². The van der Waals surface area contributed by atoms with Crippen molar-refractivity contribution in [3.63, 3.8) is 0 Å². The smallest absolute Gasteiger partial charge is 0.444 e. The molecule has 9 nitrogen and oxygen atoms in total. The first kappa shape index (κ1) is 21.5. The number of nitrogens with zero attached hydrogens (tertiary/aromatic N) is 3. The molecule has 10 heteroatoms. The molecule has 0 aliphatic rings. The largest absolute Gasteiger partial charge is 0.488 e. The molecular formula is C18H25BN4O5. The number of aromatic nitrogens is 2.